The van der Waals surface area contributed by atoms with Crippen LogP contribution in [-0.4, -0.2) is 23.0 Å². The summed E-state index contributed by atoms with van der Waals surface area (Å²) < 4.78 is 26.2. The highest BCUT2D eigenvalue weighted by molar-refractivity contribution is 5.95. The number of oxime groups is 1. The summed E-state index contributed by atoms with van der Waals surface area (Å²) in [7, 11) is 0. The van der Waals surface area contributed by atoms with Crippen LogP contribution in [0.25, 0.3) is 0 Å². The number of carbonyl (C=O) groups is 1. The Morgan fingerprint density at radius 1 is 1.56 bits per heavy atom. The first kappa shape index (κ1) is 13.9. The summed E-state index contributed by atoms with van der Waals surface area (Å²) in [5.41, 5.74) is 4.87. The number of nitrogens with one attached hydrogen (secondary N) is 1. The van der Waals surface area contributed by atoms with Crippen molar-refractivity contribution in [1.29, 1.82) is 0 Å². The number of nitrogens with zero attached hydrogens (tertiary/aromatic N) is 1. The lowest BCUT2D eigenvalue weighted by Crippen LogP contribution is -2.36. The van der Waals surface area contributed by atoms with Crippen LogP contribution >= 0.6 is 0 Å². The minimum absolute atomic E-state index is 0.0671. The molecular weight excluding hydrogens is 244 g/mol. The Morgan fingerprint density at radius 3 is 2.83 bits per heavy atom. The number of rotatable bonds is 4. The molecule has 0 aromatic heterocycles. The van der Waals surface area contributed by atoms with Gasteiger partial charge in [-0.3, -0.25) is 4.79 Å². The summed E-state index contributed by atoms with van der Waals surface area (Å²) in [4.78, 5) is 11.6. The fourth-order valence-corrected chi connectivity index (χ4v) is 1.38. The summed E-state index contributed by atoms with van der Waals surface area (Å²) in [6.45, 7) is 1.59. The Balaban J connectivity index is 2.73. The number of hydrogen-bond donors (Lipinski definition) is 3. The average molecular weight is 257 g/mol. The normalized spacial score (nSPS) is 13.2. The molecule has 0 bridgehead atoms. The van der Waals surface area contributed by atoms with Crippen LogP contribution in [0.15, 0.2) is 23.4 Å². The molecule has 1 atom stereocenters. The lowest BCUT2D eigenvalue weighted by molar-refractivity contribution is 0.0936. The van der Waals surface area contributed by atoms with E-state index in [1.54, 1.807) is 6.92 Å². The standard InChI is InChI=1S/C11H13F2N3O2/c1-6(4-10(14)16-18)15-11(17)8-5-7(12)2-3-9(8)13/h2-3,5-6,18H,4H2,1H3,(H2,14,16)(H,15,17). The minimum atomic E-state index is -0.815. The van der Waals surface area contributed by atoms with Crippen LogP contribution in [0.1, 0.15) is 23.7 Å². The monoisotopic (exact) mass is 257 g/mol. The van der Waals surface area contributed by atoms with Crippen LogP contribution in [0.3, 0.4) is 0 Å². The van der Waals surface area contributed by atoms with Gasteiger partial charge in [-0.2, -0.15) is 0 Å². The molecule has 1 rings (SSSR count). The molecule has 0 radical (unpaired) electrons. The molecule has 18 heavy (non-hydrogen) atoms. The largest absolute Gasteiger partial charge is 0.409 e. The second kappa shape index (κ2) is 5.95. The second-order valence-electron chi connectivity index (χ2n) is 3.79. The van der Waals surface area contributed by atoms with Crippen LogP contribution in [0.4, 0.5) is 8.78 Å². The molecule has 1 aromatic carbocycles. The van der Waals surface area contributed by atoms with Gasteiger partial charge in [0.05, 0.1) is 5.56 Å². The Bertz CT molecular complexity index is 477. The van der Waals surface area contributed by atoms with Crippen molar-refractivity contribution in [2.45, 2.75) is 19.4 Å². The highest BCUT2D eigenvalue weighted by Crippen LogP contribution is 2.10. The van der Waals surface area contributed by atoms with Crippen molar-refractivity contribution >= 4 is 11.7 Å². The van der Waals surface area contributed by atoms with E-state index < -0.39 is 23.6 Å². The van der Waals surface area contributed by atoms with Crippen LogP contribution in [0.2, 0.25) is 0 Å². The quantitative estimate of drug-likeness (QED) is 0.328. The summed E-state index contributed by atoms with van der Waals surface area (Å²) >= 11 is 0. The van der Waals surface area contributed by atoms with E-state index >= 15 is 0 Å². The van der Waals surface area contributed by atoms with E-state index in [2.05, 4.69) is 10.5 Å². The molecule has 4 N–H and O–H groups in total. The molecule has 1 amide bonds. The maximum atomic E-state index is 13.3. The molecule has 0 spiro atoms. The van der Waals surface area contributed by atoms with Gasteiger partial charge in [0.1, 0.15) is 17.5 Å². The van der Waals surface area contributed by atoms with E-state index in [9.17, 15) is 13.6 Å². The van der Waals surface area contributed by atoms with Gasteiger partial charge in [0.15, 0.2) is 0 Å². The first-order chi connectivity index (χ1) is 8.43. The molecule has 98 valence electrons. The molecule has 0 saturated carbocycles. The number of amides is 1. The minimum Gasteiger partial charge on any atom is -0.409 e. The molecule has 0 aliphatic carbocycles. The summed E-state index contributed by atoms with van der Waals surface area (Å²) in [5, 5.41) is 13.5. The Hall–Kier alpha value is -2.18. The lowest BCUT2D eigenvalue weighted by atomic mass is 10.1. The van der Waals surface area contributed by atoms with Gasteiger partial charge in [-0.25, -0.2) is 8.78 Å². The average Bonchev–Trinajstić information content (AvgIpc) is 2.31. The van der Waals surface area contributed by atoms with Crippen molar-refractivity contribution in [3.63, 3.8) is 0 Å². The summed E-state index contributed by atoms with van der Waals surface area (Å²) in [6, 6.07) is 2.13. The Morgan fingerprint density at radius 2 is 2.22 bits per heavy atom. The van der Waals surface area contributed by atoms with Gasteiger partial charge < -0.3 is 16.3 Å². The van der Waals surface area contributed by atoms with Gasteiger partial charge in [-0.15, -0.1) is 0 Å². The first-order valence-corrected chi connectivity index (χ1v) is 5.16. The van der Waals surface area contributed by atoms with Gasteiger partial charge in [0.2, 0.25) is 0 Å². The van der Waals surface area contributed by atoms with Crippen LogP contribution in [0, 0.1) is 11.6 Å². The predicted octanol–water partition coefficient (Wildman–Crippen LogP) is 1.22. The molecule has 1 aromatic rings. The lowest BCUT2D eigenvalue weighted by Gasteiger charge is -2.13. The number of nitrogens with two attached hydrogens (primary N) is 1. The predicted molar refractivity (Wildman–Crippen MR) is 61.3 cm³/mol. The van der Waals surface area contributed by atoms with Crippen molar-refractivity contribution in [2.24, 2.45) is 10.9 Å². The van der Waals surface area contributed by atoms with E-state index in [1.165, 1.54) is 0 Å². The number of amidine groups is 1. The molecule has 0 heterocycles. The second-order valence-corrected chi connectivity index (χ2v) is 3.79. The van der Waals surface area contributed by atoms with E-state index in [-0.39, 0.29) is 17.8 Å². The molecule has 5 nitrogen and oxygen atoms in total. The number of carbonyl (C=O) groups excluding carboxylic acids is 1. The maximum Gasteiger partial charge on any atom is 0.254 e. The number of hydrogen-bond acceptors (Lipinski definition) is 3. The molecular formula is C11H13F2N3O2. The first-order valence-electron chi connectivity index (χ1n) is 5.16. The fraction of sp³-hybridized carbons (Fsp3) is 0.273. The molecule has 0 fully saturated rings. The van der Waals surface area contributed by atoms with Crippen molar-refractivity contribution in [1.82, 2.24) is 5.32 Å². The van der Waals surface area contributed by atoms with Gasteiger partial charge >= 0.3 is 0 Å². The number of benzene rings is 1. The zero-order chi connectivity index (χ0) is 13.7. The van der Waals surface area contributed by atoms with Crippen molar-refractivity contribution in [3.8, 4) is 0 Å². The highest BCUT2D eigenvalue weighted by Gasteiger charge is 2.15. The van der Waals surface area contributed by atoms with Gasteiger partial charge in [-0.1, -0.05) is 5.16 Å². The molecule has 7 heteroatoms. The maximum absolute atomic E-state index is 13.3. The third-order valence-electron chi connectivity index (χ3n) is 2.19. The van der Waals surface area contributed by atoms with Crippen molar-refractivity contribution in [3.05, 3.63) is 35.4 Å². The highest BCUT2D eigenvalue weighted by atomic mass is 19.1. The fourth-order valence-electron chi connectivity index (χ4n) is 1.38. The van der Waals surface area contributed by atoms with Crippen LogP contribution in [-0.2, 0) is 0 Å². The van der Waals surface area contributed by atoms with E-state index in [0.29, 0.717) is 0 Å². The van der Waals surface area contributed by atoms with Crippen molar-refractivity contribution < 1.29 is 18.8 Å². The third-order valence-corrected chi connectivity index (χ3v) is 2.19. The molecule has 0 aliphatic heterocycles. The smallest absolute Gasteiger partial charge is 0.254 e. The number of halogens is 2. The molecule has 0 aliphatic rings. The SMILES string of the molecule is CC(CC(N)=NO)NC(=O)c1cc(F)ccc1F. The third kappa shape index (κ3) is 3.69. The van der Waals surface area contributed by atoms with Gasteiger partial charge in [0.25, 0.3) is 5.91 Å². The molecule has 1 unspecified atom stereocenters. The topological polar surface area (TPSA) is 87.7 Å². The van der Waals surface area contributed by atoms with Gasteiger partial charge in [0, 0.05) is 12.5 Å². The van der Waals surface area contributed by atoms with Crippen molar-refractivity contribution in [2.75, 3.05) is 0 Å². The Kier molecular flexibility index (Phi) is 4.59. The van der Waals surface area contributed by atoms with E-state index in [0.717, 1.165) is 18.2 Å². The Labute approximate surface area is 102 Å². The van der Waals surface area contributed by atoms with Crippen LogP contribution < -0.4 is 11.1 Å². The van der Waals surface area contributed by atoms with E-state index in [4.69, 9.17) is 10.9 Å². The van der Waals surface area contributed by atoms with Crippen LogP contribution in [0.5, 0.6) is 0 Å². The molecule has 0 saturated heterocycles. The zero-order valence-corrected chi connectivity index (χ0v) is 9.65. The summed E-state index contributed by atoms with van der Waals surface area (Å²) in [5.74, 6) is -2.34. The van der Waals surface area contributed by atoms with E-state index in [1.807, 2.05) is 0 Å². The zero-order valence-electron chi connectivity index (χ0n) is 9.65. The summed E-state index contributed by atoms with van der Waals surface area (Å²) in [6.07, 6.45) is 0.0964. The van der Waals surface area contributed by atoms with Gasteiger partial charge in [-0.05, 0) is 25.1 Å².